The Balaban J connectivity index is 1.98. The average Bonchev–Trinajstić information content (AvgIpc) is 2.91. The van der Waals surface area contributed by atoms with Crippen LogP contribution in [0.4, 0.5) is 18.9 Å². The van der Waals surface area contributed by atoms with E-state index in [0.717, 1.165) is 6.07 Å². The van der Waals surface area contributed by atoms with Crippen molar-refractivity contribution in [3.8, 4) is 5.69 Å². The Kier molecular flexibility index (Phi) is 5.32. The molecule has 3 aromatic rings. The minimum atomic E-state index is -4.62. The largest absolute Gasteiger partial charge is 0.433 e. The summed E-state index contributed by atoms with van der Waals surface area (Å²) < 4.78 is 42.0. The van der Waals surface area contributed by atoms with Crippen molar-refractivity contribution in [1.29, 1.82) is 0 Å². The van der Waals surface area contributed by atoms with E-state index in [1.807, 2.05) is 6.07 Å². The summed E-state index contributed by atoms with van der Waals surface area (Å²) in [4.78, 5) is 29.5. The Morgan fingerprint density at radius 3 is 2.20 bits per heavy atom. The van der Waals surface area contributed by atoms with Crippen molar-refractivity contribution in [1.82, 2.24) is 14.3 Å². The lowest BCUT2D eigenvalue weighted by molar-refractivity contribution is -0.141. The summed E-state index contributed by atoms with van der Waals surface area (Å²) in [7, 11) is 1.68. The normalized spacial score (nSPS) is 12.1. The van der Waals surface area contributed by atoms with Crippen molar-refractivity contribution in [2.75, 3.05) is 5.32 Å². The molecule has 0 fully saturated rings. The van der Waals surface area contributed by atoms with Crippen molar-refractivity contribution >= 4 is 11.6 Å². The highest BCUT2D eigenvalue weighted by molar-refractivity contribution is 5.98. The quantitative estimate of drug-likeness (QED) is 0.701. The summed E-state index contributed by atoms with van der Waals surface area (Å²) in [6.07, 6.45) is -4.62. The number of nitrogens with zero attached hydrogens (tertiary/aromatic N) is 3. The van der Waals surface area contributed by atoms with Gasteiger partial charge in [-0.25, -0.2) is 9.67 Å². The SMILES string of the molecule is Cc1c(NC(=O)C(C)(C)c2cccc(C(F)(F)F)n2)c(=O)n(-c2ccccc2)n1C. The maximum atomic E-state index is 13.0. The highest BCUT2D eigenvalue weighted by Crippen LogP contribution is 2.30. The topological polar surface area (TPSA) is 68.9 Å². The van der Waals surface area contributed by atoms with Gasteiger partial charge in [-0.15, -0.1) is 0 Å². The predicted octanol–water partition coefficient (Wildman–Crippen LogP) is 3.81. The average molecular weight is 418 g/mol. The van der Waals surface area contributed by atoms with Gasteiger partial charge in [0, 0.05) is 7.05 Å². The van der Waals surface area contributed by atoms with Crippen LogP contribution in [0.1, 0.15) is 30.9 Å². The van der Waals surface area contributed by atoms with E-state index in [1.54, 1.807) is 42.9 Å². The van der Waals surface area contributed by atoms with Gasteiger partial charge < -0.3 is 5.32 Å². The lowest BCUT2D eigenvalue weighted by Crippen LogP contribution is -2.37. The first kappa shape index (κ1) is 21.4. The number of para-hydroxylation sites is 1. The van der Waals surface area contributed by atoms with E-state index < -0.39 is 28.8 Å². The molecule has 2 aromatic heterocycles. The fraction of sp³-hybridized carbons (Fsp3) is 0.286. The highest BCUT2D eigenvalue weighted by atomic mass is 19.4. The molecule has 158 valence electrons. The lowest BCUT2D eigenvalue weighted by atomic mass is 9.87. The summed E-state index contributed by atoms with van der Waals surface area (Å²) in [5, 5.41) is 2.59. The molecular weight excluding hydrogens is 397 g/mol. The van der Waals surface area contributed by atoms with Crippen molar-refractivity contribution in [2.24, 2.45) is 7.05 Å². The van der Waals surface area contributed by atoms with Crippen LogP contribution in [0.15, 0.2) is 53.3 Å². The number of pyridine rings is 1. The third-order valence-corrected chi connectivity index (χ3v) is 5.04. The van der Waals surface area contributed by atoms with Gasteiger partial charge in [-0.1, -0.05) is 24.3 Å². The Hall–Kier alpha value is -3.36. The lowest BCUT2D eigenvalue weighted by Gasteiger charge is -2.23. The number of hydrogen-bond acceptors (Lipinski definition) is 3. The predicted molar refractivity (Wildman–Crippen MR) is 107 cm³/mol. The van der Waals surface area contributed by atoms with Crippen molar-refractivity contribution in [2.45, 2.75) is 32.4 Å². The number of nitrogens with one attached hydrogen (secondary N) is 1. The van der Waals surface area contributed by atoms with Gasteiger partial charge in [-0.2, -0.15) is 13.2 Å². The number of hydrogen-bond donors (Lipinski definition) is 1. The summed E-state index contributed by atoms with van der Waals surface area (Å²) in [6, 6.07) is 12.3. The number of alkyl halides is 3. The van der Waals surface area contributed by atoms with Gasteiger partial charge in [0.05, 0.1) is 22.5 Å². The number of carbonyl (C=O) groups is 1. The first-order valence-corrected chi connectivity index (χ1v) is 9.15. The molecule has 0 spiro atoms. The maximum absolute atomic E-state index is 13.0. The molecule has 2 heterocycles. The molecule has 0 radical (unpaired) electrons. The van der Waals surface area contributed by atoms with Gasteiger partial charge in [0.2, 0.25) is 5.91 Å². The second-order valence-corrected chi connectivity index (χ2v) is 7.42. The molecule has 0 saturated heterocycles. The molecule has 9 heteroatoms. The van der Waals surface area contributed by atoms with Crippen LogP contribution in [0.25, 0.3) is 5.69 Å². The molecule has 0 bridgehead atoms. The van der Waals surface area contributed by atoms with Crippen LogP contribution in [0.2, 0.25) is 0 Å². The fourth-order valence-corrected chi connectivity index (χ4v) is 3.04. The molecule has 1 N–H and O–H groups in total. The van der Waals surface area contributed by atoms with Crippen LogP contribution in [-0.4, -0.2) is 20.3 Å². The molecule has 1 aromatic carbocycles. The Morgan fingerprint density at radius 2 is 1.60 bits per heavy atom. The molecule has 6 nitrogen and oxygen atoms in total. The number of anilines is 1. The number of aromatic nitrogens is 3. The fourth-order valence-electron chi connectivity index (χ4n) is 3.04. The minimum absolute atomic E-state index is 0.0493. The smallest absolute Gasteiger partial charge is 0.319 e. The minimum Gasteiger partial charge on any atom is -0.319 e. The molecule has 0 aliphatic heterocycles. The molecule has 0 aliphatic rings. The maximum Gasteiger partial charge on any atom is 0.433 e. The van der Waals surface area contributed by atoms with Gasteiger partial charge in [0.15, 0.2) is 0 Å². The molecule has 0 unspecified atom stereocenters. The molecule has 3 rings (SSSR count). The van der Waals surface area contributed by atoms with Crippen LogP contribution >= 0.6 is 0 Å². The van der Waals surface area contributed by atoms with E-state index in [9.17, 15) is 22.8 Å². The third-order valence-electron chi connectivity index (χ3n) is 5.04. The second kappa shape index (κ2) is 7.47. The van der Waals surface area contributed by atoms with E-state index >= 15 is 0 Å². The first-order valence-electron chi connectivity index (χ1n) is 9.15. The first-order chi connectivity index (χ1) is 13.9. The molecule has 0 saturated carbocycles. The summed E-state index contributed by atoms with van der Waals surface area (Å²) in [5.41, 5.74) is -1.80. The standard InChI is InChI=1S/C21H21F3N4O2/c1-13-17(18(29)28(27(13)4)14-9-6-5-7-10-14)26-19(30)20(2,3)15-11-8-12-16(25-15)21(22,23)24/h5-12H,1-4H3,(H,26,30). The van der Waals surface area contributed by atoms with Crippen LogP contribution in [0, 0.1) is 6.92 Å². The van der Waals surface area contributed by atoms with Crippen LogP contribution in [0.5, 0.6) is 0 Å². The number of benzene rings is 1. The molecule has 1 amide bonds. The molecule has 0 aliphatic carbocycles. The van der Waals surface area contributed by atoms with Crippen molar-refractivity contribution < 1.29 is 18.0 Å². The summed E-state index contributed by atoms with van der Waals surface area (Å²) >= 11 is 0. The van der Waals surface area contributed by atoms with E-state index in [-0.39, 0.29) is 11.4 Å². The van der Waals surface area contributed by atoms with Crippen LogP contribution < -0.4 is 10.9 Å². The Labute approximate surface area is 171 Å². The van der Waals surface area contributed by atoms with Crippen molar-refractivity contribution in [3.05, 3.63) is 76.0 Å². The number of halogens is 3. The van der Waals surface area contributed by atoms with Gasteiger partial charge in [0.25, 0.3) is 5.56 Å². The molecule has 0 atom stereocenters. The zero-order valence-electron chi connectivity index (χ0n) is 16.9. The van der Waals surface area contributed by atoms with E-state index in [0.29, 0.717) is 11.4 Å². The zero-order valence-corrected chi connectivity index (χ0v) is 16.9. The Bertz CT molecular complexity index is 1150. The van der Waals surface area contributed by atoms with Crippen LogP contribution in [0.3, 0.4) is 0 Å². The second-order valence-electron chi connectivity index (χ2n) is 7.42. The number of carbonyl (C=O) groups excluding carboxylic acids is 1. The zero-order chi connectivity index (χ0) is 22.3. The van der Waals surface area contributed by atoms with Gasteiger partial charge >= 0.3 is 6.18 Å². The van der Waals surface area contributed by atoms with Gasteiger partial charge in [-0.3, -0.25) is 14.3 Å². The number of amides is 1. The van der Waals surface area contributed by atoms with Gasteiger partial charge in [0.1, 0.15) is 11.4 Å². The highest BCUT2D eigenvalue weighted by Gasteiger charge is 2.37. The van der Waals surface area contributed by atoms with E-state index in [1.165, 1.54) is 30.7 Å². The number of rotatable bonds is 4. The van der Waals surface area contributed by atoms with Crippen molar-refractivity contribution in [3.63, 3.8) is 0 Å². The monoisotopic (exact) mass is 418 g/mol. The Morgan fingerprint density at radius 1 is 1.00 bits per heavy atom. The van der Waals surface area contributed by atoms with Gasteiger partial charge in [-0.05, 0) is 45.0 Å². The van der Waals surface area contributed by atoms with Crippen LogP contribution in [-0.2, 0) is 23.4 Å². The summed E-state index contributed by atoms with van der Waals surface area (Å²) in [5.74, 6) is -0.639. The van der Waals surface area contributed by atoms with E-state index in [4.69, 9.17) is 0 Å². The summed E-state index contributed by atoms with van der Waals surface area (Å²) in [6.45, 7) is 4.59. The molecule has 30 heavy (non-hydrogen) atoms. The third kappa shape index (κ3) is 3.74. The van der Waals surface area contributed by atoms with E-state index in [2.05, 4.69) is 10.3 Å². The molecular formula is C21H21F3N4O2.